The van der Waals surface area contributed by atoms with E-state index >= 15 is 0 Å². The standard InChI is InChI=1S/C7H9FN2O2/c1-4-5(8)9-7(12-3)10-6(4)11-2/h1-3H3. The Balaban J connectivity index is 3.19. The molecule has 0 unspecified atom stereocenters. The first-order valence-electron chi connectivity index (χ1n) is 3.31. The topological polar surface area (TPSA) is 44.2 Å². The molecule has 4 nitrogen and oxygen atoms in total. The quantitative estimate of drug-likeness (QED) is 0.623. The summed E-state index contributed by atoms with van der Waals surface area (Å²) in [5.74, 6) is -0.432. The molecule has 0 aliphatic rings. The van der Waals surface area contributed by atoms with Gasteiger partial charge < -0.3 is 9.47 Å². The molecule has 0 N–H and O–H groups in total. The fourth-order valence-corrected chi connectivity index (χ4v) is 0.742. The van der Waals surface area contributed by atoms with E-state index in [2.05, 4.69) is 14.7 Å². The van der Waals surface area contributed by atoms with Crippen molar-refractivity contribution in [3.05, 3.63) is 11.5 Å². The molecule has 0 amide bonds. The highest BCUT2D eigenvalue weighted by Gasteiger charge is 2.10. The van der Waals surface area contributed by atoms with E-state index in [1.165, 1.54) is 21.1 Å². The normalized spacial score (nSPS) is 9.67. The summed E-state index contributed by atoms with van der Waals surface area (Å²) in [5, 5.41) is 0. The van der Waals surface area contributed by atoms with Gasteiger partial charge in [-0.3, -0.25) is 0 Å². The first kappa shape index (κ1) is 8.70. The van der Waals surface area contributed by atoms with Crippen molar-refractivity contribution in [2.75, 3.05) is 14.2 Å². The molecule has 0 saturated heterocycles. The van der Waals surface area contributed by atoms with Gasteiger partial charge in [0.1, 0.15) is 0 Å². The van der Waals surface area contributed by atoms with Gasteiger partial charge in [-0.2, -0.15) is 14.4 Å². The Bertz CT molecular complexity index is 291. The van der Waals surface area contributed by atoms with E-state index in [4.69, 9.17) is 4.74 Å². The van der Waals surface area contributed by atoms with Crippen LogP contribution in [0.25, 0.3) is 0 Å². The number of ether oxygens (including phenoxy) is 2. The summed E-state index contributed by atoms with van der Waals surface area (Å²) in [4.78, 5) is 7.19. The highest BCUT2D eigenvalue weighted by molar-refractivity contribution is 5.24. The number of hydrogen-bond donors (Lipinski definition) is 0. The van der Waals surface area contributed by atoms with Gasteiger partial charge in [0, 0.05) is 0 Å². The van der Waals surface area contributed by atoms with Gasteiger partial charge in [-0.25, -0.2) is 0 Å². The minimum Gasteiger partial charge on any atom is -0.481 e. The molecule has 0 saturated carbocycles. The van der Waals surface area contributed by atoms with Crippen LogP contribution in [-0.4, -0.2) is 24.2 Å². The maximum absolute atomic E-state index is 12.9. The maximum atomic E-state index is 12.9. The highest BCUT2D eigenvalue weighted by atomic mass is 19.1. The van der Waals surface area contributed by atoms with Crippen molar-refractivity contribution in [2.24, 2.45) is 0 Å². The maximum Gasteiger partial charge on any atom is 0.322 e. The molecular formula is C7H9FN2O2. The molecule has 1 rings (SSSR count). The van der Waals surface area contributed by atoms with E-state index in [9.17, 15) is 4.39 Å². The van der Waals surface area contributed by atoms with Crippen LogP contribution in [0, 0.1) is 12.9 Å². The monoisotopic (exact) mass is 172 g/mol. The van der Waals surface area contributed by atoms with Crippen LogP contribution in [0.4, 0.5) is 4.39 Å². The molecule has 0 aliphatic heterocycles. The Hall–Kier alpha value is -1.39. The summed E-state index contributed by atoms with van der Waals surface area (Å²) in [5.41, 5.74) is 0.276. The van der Waals surface area contributed by atoms with Gasteiger partial charge in [-0.05, 0) is 6.92 Å². The second-order valence-corrected chi connectivity index (χ2v) is 2.14. The minimum atomic E-state index is -0.626. The van der Waals surface area contributed by atoms with E-state index in [-0.39, 0.29) is 17.5 Å². The van der Waals surface area contributed by atoms with Gasteiger partial charge in [-0.15, -0.1) is 0 Å². The van der Waals surface area contributed by atoms with Crippen LogP contribution < -0.4 is 9.47 Å². The van der Waals surface area contributed by atoms with Crippen molar-refractivity contribution in [3.63, 3.8) is 0 Å². The molecule has 1 aromatic heterocycles. The Morgan fingerprint density at radius 2 is 1.83 bits per heavy atom. The van der Waals surface area contributed by atoms with E-state index in [1.807, 2.05) is 0 Å². The van der Waals surface area contributed by atoms with Gasteiger partial charge in [0.05, 0.1) is 19.8 Å². The Morgan fingerprint density at radius 3 is 2.33 bits per heavy atom. The molecule has 0 aliphatic carbocycles. The van der Waals surface area contributed by atoms with Crippen molar-refractivity contribution >= 4 is 0 Å². The predicted octanol–water partition coefficient (Wildman–Crippen LogP) is 0.941. The number of hydrogen-bond acceptors (Lipinski definition) is 4. The lowest BCUT2D eigenvalue weighted by Crippen LogP contribution is -2.01. The molecule has 0 atom stereocenters. The lowest BCUT2D eigenvalue weighted by atomic mass is 10.4. The lowest BCUT2D eigenvalue weighted by molar-refractivity contribution is 0.337. The van der Waals surface area contributed by atoms with Crippen LogP contribution in [0.2, 0.25) is 0 Å². The molecule has 0 fully saturated rings. The van der Waals surface area contributed by atoms with Crippen molar-refractivity contribution in [3.8, 4) is 11.9 Å². The smallest absolute Gasteiger partial charge is 0.322 e. The van der Waals surface area contributed by atoms with Gasteiger partial charge in [-0.1, -0.05) is 0 Å². The fourth-order valence-electron chi connectivity index (χ4n) is 0.742. The first-order valence-corrected chi connectivity index (χ1v) is 3.31. The zero-order chi connectivity index (χ0) is 9.14. The summed E-state index contributed by atoms with van der Waals surface area (Å²) in [7, 11) is 2.78. The molecule has 5 heteroatoms. The van der Waals surface area contributed by atoms with E-state index < -0.39 is 5.95 Å². The average Bonchev–Trinajstić information content (AvgIpc) is 2.09. The Kier molecular flexibility index (Phi) is 2.42. The number of aromatic nitrogens is 2. The van der Waals surface area contributed by atoms with Gasteiger partial charge in [0.25, 0.3) is 0 Å². The molecule has 1 heterocycles. The summed E-state index contributed by atoms with van der Waals surface area (Å²) in [6.45, 7) is 1.54. The van der Waals surface area contributed by atoms with Crippen LogP contribution in [0.1, 0.15) is 5.56 Å². The van der Waals surface area contributed by atoms with Crippen molar-refractivity contribution in [1.82, 2.24) is 9.97 Å². The van der Waals surface area contributed by atoms with Gasteiger partial charge in [0.15, 0.2) is 0 Å². The third-order valence-corrected chi connectivity index (χ3v) is 1.40. The zero-order valence-electron chi connectivity index (χ0n) is 7.09. The third-order valence-electron chi connectivity index (χ3n) is 1.40. The number of methoxy groups -OCH3 is 2. The fraction of sp³-hybridized carbons (Fsp3) is 0.429. The molecule has 0 spiro atoms. The molecule has 0 aromatic carbocycles. The lowest BCUT2D eigenvalue weighted by Gasteiger charge is -2.04. The summed E-state index contributed by atoms with van der Waals surface area (Å²) in [6.07, 6.45) is 0. The Labute approximate surface area is 69.4 Å². The predicted molar refractivity (Wildman–Crippen MR) is 39.8 cm³/mol. The number of rotatable bonds is 2. The number of halogens is 1. The molecule has 1 aromatic rings. The summed E-state index contributed by atoms with van der Waals surface area (Å²) >= 11 is 0. The zero-order valence-corrected chi connectivity index (χ0v) is 7.09. The van der Waals surface area contributed by atoms with Crippen LogP contribution in [0.15, 0.2) is 0 Å². The van der Waals surface area contributed by atoms with Gasteiger partial charge in [0.2, 0.25) is 11.8 Å². The second kappa shape index (κ2) is 3.34. The van der Waals surface area contributed by atoms with Crippen LogP contribution in [0.5, 0.6) is 11.9 Å². The summed E-state index contributed by atoms with van der Waals surface area (Å²) < 4.78 is 22.4. The minimum absolute atomic E-state index is 0.0325. The molecular weight excluding hydrogens is 163 g/mol. The Morgan fingerprint density at radius 1 is 1.17 bits per heavy atom. The number of nitrogens with zero attached hydrogens (tertiary/aromatic N) is 2. The van der Waals surface area contributed by atoms with E-state index in [0.717, 1.165) is 0 Å². The third kappa shape index (κ3) is 1.44. The van der Waals surface area contributed by atoms with Gasteiger partial charge >= 0.3 is 6.01 Å². The largest absolute Gasteiger partial charge is 0.481 e. The van der Waals surface area contributed by atoms with Crippen LogP contribution >= 0.6 is 0 Å². The van der Waals surface area contributed by atoms with Crippen molar-refractivity contribution < 1.29 is 13.9 Å². The molecule has 0 radical (unpaired) electrons. The average molecular weight is 172 g/mol. The van der Waals surface area contributed by atoms with Crippen molar-refractivity contribution in [1.29, 1.82) is 0 Å². The molecule has 0 bridgehead atoms. The SMILES string of the molecule is COc1nc(F)c(C)c(OC)n1. The molecule has 66 valence electrons. The van der Waals surface area contributed by atoms with Crippen molar-refractivity contribution in [2.45, 2.75) is 6.92 Å². The highest BCUT2D eigenvalue weighted by Crippen LogP contribution is 2.18. The van der Waals surface area contributed by atoms with Crippen LogP contribution in [0.3, 0.4) is 0 Å². The second-order valence-electron chi connectivity index (χ2n) is 2.14. The summed E-state index contributed by atoms with van der Waals surface area (Å²) in [6, 6.07) is -0.0325. The first-order chi connectivity index (χ1) is 5.69. The van der Waals surface area contributed by atoms with E-state index in [0.29, 0.717) is 0 Å². The van der Waals surface area contributed by atoms with Crippen LogP contribution in [-0.2, 0) is 0 Å². The molecule has 12 heavy (non-hydrogen) atoms. The van der Waals surface area contributed by atoms with E-state index in [1.54, 1.807) is 0 Å².